The van der Waals surface area contributed by atoms with Gasteiger partial charge < -0.3 is 0 Å². The maximum atomic E-state index is 12.6. The summed E-state index contributed by atoms with van der Waals surface area (Å²) >= 11 is 0. The van der Waals surface area contributed by atoms with Gasteiger partial charge in [0.05, 0.1) is 16.1 Å². The number of rotatable bonds is 2. The molecule has 6 nitrogen and oxygen atoms in total. The summed E-state index contributed by atoms with van der Waals surface area (Å²) in [6.45, 7) is 0. The molecule has 1 aromatic rings. The Morgan fingerprint density at radius 1 is 1.37 bits per heavy atom. The van der Waals surface area contributed by atoms with E-state index in [1.165, 1.54) is 0 Å². The zero-order valence-corrected chi connectivity index (χ0v) is 10.2. The topological polar surface area (TPSA) is 101 Å². The summed E-state index contributed by atoms with van der Waals surface area (Å²) in [5.74, 6) is 0. The molecule has 0 atom stereocenters. The van der Waals surface area contributed by atoms with Gasteiger partial charge in [0.25, 0.3) is 14.7 Å². The van der Waals surface area contributed by atoms with Crippen molar-refractivity contribution in [1.82, 2.24) is 0 Å². The van der Waals surface area contributed by atoms with Crippen molar-refractivity contribution in [2.45, 2.75) is 11.1 Å². The third-order valence-electron chi connectivity index (χ3n) is 1.98. The van der Waals surface area contributed by atoms with Crippen LogP contribution in [-0.4, -0.2) is 13.3 Å². The molecule has 0 amide bonds. The maximum absolute atomic E-state index is 12.6. The van der Waals surface area contributed by atoms with Crippen LogP contribution in [0, 0.1) is 21.4 Å². The fourth-order valence-corrected chi connectivity index (χ4v) is 2.26. The Hall–Kier alpha value is -1.86. The van der Waals surface area contributed by atoms with Crippen molar-refractivity contribution in [3.63, 3.8) is 0 Å². The number of non-ortho nitro benzene ring substituents is 1. The predicted octanol–water partition coefficient (Wildman–Crippen LogP) is 2.41. The molecule has 0 saturated heterocycles. The normalized spacial score (nSPS) is 11.9. The molecule has 0 spiro atoms. The number of alkyl halides is 3. The highest BCUT2D eigenvalue weighted by molar-refractivity contribution is 8.13. The van der Waals surface area contributed by atoms with Gasteiger partial charge in [-0.25, -0.2) is 8.42 Å². The Morgan fingerprint density at radius 3 is 2.21 bits per heavy atom. The minimum Gasteiger partial charge on any atom is -0.258 e. The molecule has 102 valence electrons. The average Bonchev–Trinajstić information content (AvgIpc) is 2.24. The molecule has 0 fully saturated rings. The van der Waals surface area contributed by atoms with E-state index in [0.29, 0.717) is 6.07 Å². The van der Waals surface area contributed by atoms with Crippen LogP contribution in [0.4, 0.5) is 18.9 Å². The molecular formula is C8H2ClF3N2O4S. The SMILES string of the molecule is N#Cc1c(C(F)(F)F)cc([N+](=O)[O-])cc1S(=O)(=O)Cl. The van der Waals surface area contributed by atoms with Crippen LogP contribution < -0.4 is 0 Å². The Labute approximate surface area is 108 Å². The summed E-state index contributed by atoms with van der Waals surface area (Å²) in [6.07, 6.45) is -5.13. The van der Waals surface area contributed by atoms with Crippen LogP contribution in [0.3, 0.4) is 0 Å². The van der Waals surface area contributed by atoms with E-state index in [4.69, 9.17) is 15.9 Å². The quantitative estimate of drug-likeness (QED) is 0.474. The van der Waals surface area contributed by atoms with Gasteiger partial charge in [0.15, 0.2) is 0 Å². The molecule has 0 aliphatic rings. The number of hydrogen-bond donors (Lipinski definition) is 0. The van der Waals surface area contributed by atoms with Crippen molar-refractivity contribution in [3.8, 4) is 6.07 Å². The van der Waals surface area contributed by atoms with E-state index >= 15 is 0 Å². The lowest BCUT2D eigenvalue weighted by Crippen LogP contribution is -2.11. The van der Waals surface area contributed by atoms with E-state index in [9.17, 15) is 31.7 Å². The first kappa shape index (κ1) is 15.2. The highest BCUT2D eigenvalue weighted by Crippen LogP contribution is 2.38. The lowest BCUT2D eigenvalue weighted by atomic mass is 10.1. The number of nitro benzene ring substituents is 1. The number of nitriles is 1. The van der Waals surface area contributed by atoms with E-state index in [0.717, 1.165) is 6.07 Å². The molecule has 0 aromatic heterocycles. The molecule has 0 saturated carbocycles. The highest BCUT2D eigenvalue weighted by Gasteiger charge is 2.38. The molecule has 11 heteroatoms. The van der Waals surface area contributed by atoms with Gasteiger partial charge >= 0.3 is 6.18 Å². The van der Waals surface area contributed by atoms with Crippen LogP contribution in [0.15, 0.2) is 17.0 Å². The van der Waals surface area contributed by atoms with Crippen LogP contribution >= 0.6 is 10.7 Å². The maximum Gasteiger partial charge on any atom is 0.417 e. The van der Waals surface area contributed by atoms with Gasteiger partial charge in [-0.2, -0.15) is 18.4 Å². The van der Waals surface area contributed by atoms with Gasteiger partial charge in [-0.1, -0.05) is 0 Å². The largest absolute Gasteiger partial charge is 0.417 e. The smallest absolute Gasteiger partial charge is 0.258 e. The van der Waals surface area contributed by atoms with Crippen molar-refractivity contribution >= 4 is 25.4 Å². The second kappa shape index (κ2) is 4.67. The second-order valence-corrected chi connectivity index (χ2v) is 5.71. The third kappa shape index (κ3) is 3.12. The van der Waals surface area contributed by atoms with Gasteiger partial charge in [0.2, 0.25) is 0 Å². The molecule has 0 N–H and O–H groups in total. The summed E-state index contributed by atoms with van der Waals surface area (Å²) in [5.41, 5.74) is -4.15. The fourth-order valence-electron chi connectivity index (χ4n) is 1.24. The first-order valence-corrected chi connectivity index (χ1v) is 6.54. The minimum absolute atomic E-state index is 0.0735. The summed E-state index contributed by atoms with van der Waals surface area (Å²) in [5, 5.41) is 19.1. The number of halogens is 4. The third-order valence-corrected chi connectivity index (χ3v) is 3.32. The molecule has 0 aliphatic carbocycles. The number of hydrogen-bond acceptors (Lipinski definition) is 5. The molecule has 0 unspecified atom stereocenters. The zero-order chi connectivity index (χ0) is 15.0. The molecule has 0 heterocycles. The van der Waals surface area contributed by atoms with Crippen molar-refractivity contribution in [1.29, 1.82) is 5.26 Å². The Balaban J connectivity index is 3.89. The summed E-state index contributed by atoms with van der Waals surface area (Å²) < 4.78 is 60.1. The Bertz CT molecular complexity index is 693. The molecule has 1 aromatic carbocycles. The van der Waals surface area contributed by atoms with E-state index in [2.05, 4.69) is 0 Å². The Kier molecular flexibility index (Phi) is 3.74. The fraction of sp³-hybridized carbons (Fsp3) is 0.125. The van der Waals surface area contributed by atoms with E-state index in [1.54, 1.807) is 0 Å². The van der Waals surface area contributed by atoms with Crippen molar-refractivity contribution < 1.29 is 26.5 Å². The molecule has 0 aliphatic heterocycles. The molecule has 19 heavy (non-hydrogen) atoms. The van der Waals surface area contributed by atoms with E-state index in [-0.39, 0.29) is 6.07 Å². The van der Waals surface area contributed by atoms with Gasteiger partial charge in [-0.3, -0.25) is 10.1 Å². The number of nitro groups is 1. The average molecular weight is 315 g/mol. The van der Waals surface area contributed by atoms with Crippen LogP contribution in [0.1, 0.15) is 11.1 Å². The van der Waals surface area contributed by atoms with Gasteiger partial charge in [-0.05, 0) is 0 Å². The van der Waals surface area contributed by atoms with E-state index in [1.807, 2.05) is 0 Å². The number of benzene rings is 1. The van der Waals surface area contributed by atoms with Crippen LogP contribution in [-0.2, 0) is 15.2 Å². The molecule has 1 rings (SSSR count). The van der Waals surface area contributed by atoms with Crippen LogP contribution in [0.5, 0.6) is 0 Å². The lowest BCUT2D eigenvalue weighted by Gasteiger charge is -2.10. The van der Waals surface area contributed by atoms with Crippen molar-refractivity contribution in [3.05, 3.63) is 33.4 Å². The monoisotopic (exact) mass is 314 g/mol. The first-order chi connectivity index (χ1) is 8.48. The first-order valence-electron chi connectivity index (χ1n) is 4.23. The minimum atomic E-state index is -5.13. The standard InChI is InChI=1S/C8H2ClF3N2O4S/c9-19(17,18)7-2-4(14(15)16)1-6(5(7)3-13)8(10,11)12/h1-2H. The summed E-state index contributed by atoms with van der Waals surface area (Å²) in [7, 11) is 0.133. The highest BCUT2D eigenvalue weighted by atomic mass is 35.7. The summed E-state index contributed by atoms with van der Waals surface area (Å²) in [4.78, 5) is 8.00. The zero-order valence-electron chi connectivity index (χ0n) is 8.60. The molecular weight excluding hydrogens is 313 g/mol. The van der Waals surface area contributed by atoms with Gasteiger partial charge in [0, 0.05) is 22.8 Å². The molecule has 0 radical (unpaired) electrons. The van der Waals surface area contributed by atoms with Crippen molar-refractivity contribution in [2.75, 3.05) is 0 Å². The summed E-state index contributed by atoms with van der Waals surface area (Å²) in [6, 6.07) is 1.41. The van der Waals surface area contributed by atoms with Crippen LogP contribution in [0.2, 0.25) is 0 Å². The predicted molar refractivity (Wildman–Crippen MR) is 55.9 cm³/mol. The van der Waals surface area contributed by atoms with Crippen LogP contribution in [0.25, 0.3) is 0 Å². The Morgan fingerprint density at radius 2 is 1.89 bits per heavy atom. The number of nitrogens with zero attached hydrogens (tertiary/aromatic N) is 2. The molecule has 0 bridgehead atoms. The van der Waals surface area contributed by atoms with Crippen molar-refractivity contribution in [2.24, 2.45) is 0 Å². The van der Waals surface area contributed by atoms with E-state index < -0.39 is 41.9 Å². The van der Waals surface area contributed by atoms with Gasteiger partial charge in [-0.15, -0.1) is 0 Å². The second-order valence-electron chi connectivity index (χ2n) is 3.17. The van der Waals surface area contributed by atoms with Gasteiger partial charge in [0.1, 0.15) is 11.0 Å². The lowest BCUT2D eigenvalue weighted by molar-refractivity contribution is -0.385.